The van der Waals surface area contributed by atoms with Gasteiger partial charge in [-0.2, -0.15) is 0 Å². The van der Waals surface area contributed by atoms with E-state index in [1.165, 1.54) is 5.56 Å². The second-order valence-corrected chi connectivity index (χ2v) is 5.51. The second-order valence-electron chi connectivity index (χ2n) is 4.95. The number of nitrogens with one attached hydrogen (secondary N) is 1. The van der Waals surface area contributed by atoms with Crippen LogP contribution in [0.25, 0.3) is 0 Å². The Morgan fingerprint density at radius 3 is 2.35 bits per heavy atom. The number of hydrogen-bond donors (Lipinski definition) is 1. The van der Waals surface area contributed by atoms with Gasteiger partial charge in [-0.25, -0.2) is 0 Å². The van der Waals surface area contributed by atoms with Gasteiger partial charge in [0.2, 0.25) is 0 Å². The van der Waals surface area contributed by atoms with Crippen LogP contribution < -0.4 is 5.32 Å². The van der Waals surface area contributed by atoms with Gasteiger partial charge in [-0.1, -0.05) is 57.9 Å². The van der Waals surface area contributed by atoms with Crippen molar-refractivity contribution in [2.24, 2.45) is 0 Å². The topological polar surface area (TPSA) is 29.1 Å². The van der Waals surface area contributed by atoms with E-state index in [0.29, 0.717) is 6.54 Å². The summed E-state index contributed by atoms with van der Waals surface area (Å²) in [5.41, 5.74) is 5.19. The summed E-state index contributed by atoms with van der Waals surface area (Å²) in [5.74, 6) is -0.0178. The van der Waals surface area contributed by atoms with Crippen LogP contribution in [0.1, 0.15) is 32.6 Å². The first-order chi connectivity index (χ1) is 9.60. The van der Waals surface area contributed by atoms with Gasteiger partial charge in [0.15, 0.2) is 0 Å². The van der Waals surface area contributed by atoms with Gasteiger partial charge in [0.25, 0.3) is 5.91 Å². The van der Waals surface area contributed by atoms with E-state index in [1.807, 2.05) is 44.2 Å². The zero-order valence-corrected chi connectivity index (χ0v) is 13.3. The molecule has 0 bridgehead atoms. The lowest BCUT2D eigenvalue weighted by Gasteiger charge is -2.09. The fourth-order valence-corrected chi connectivity index (χ4v) is 2.38. The monoisotopic (exact) mass is 331 g/mol. The molecule has 2 nitrogen and oxygen atoms in total. The van der Waals surface area contributed by atoms with Crippen molar-refractivity contribution in [2.45, 2.75) is 25.7 Å². The number of halogens is 1. The fourth-order valence-electron chi connectivity index (χ4n) is 2.00. The van der Waals surface area contributed by atoms with Crippen LogP contribution in [0.3, 0.4) is 0 Å². The Morgan fingerprint density at radius 1 is 1.05 bits per heavy atom. The number of hydrogen-bond acceptors (Lipinski definition) is 1. The van der Waals surface area contributed by atoms with Crippen molar-refractivity contribution in [1.82, 2.24) is 5.32 Å². The first-order valence-corrected chi connectivity index (χ1v) is 7.71. The maximum atomic E-state index is 12.2. The van der Waals surface area contributed by atoms with Crippen LogP contribution in [0.2, 0.25) is 0 Å². The largest absolute Gasteiger partial charge is 0.348 e. The second kappa shape index (κ2) is 6.71. The van der Waals surface area contributed by atoms with E-state index in [2.05, 4.69) is 33.4 Å². The summed E-state index contributed by atoms with van der Waals surface area (Å²) < 4.78 is 0. The summed E-state index contributed by atoms with van der Waals surface area (Å²) in [5, 5.41) is 3.82. The van der Waals surface area contributed by atoms with Crippen LogP contribution in [0.15, 0.2) is 42.5 Å². The lowest BCUT2D eigenvalue weighted by molar-refractivity contribution is 0.0950. The normalized spacial score (nSPS) is 10.3. The number of benzene rings is 2. The van der Waals surface area contributed by atoms with E-state index in [-0.39, 0.29) is 5.91 Å². The molecule has 0 aliphatic rings. The zero-order chi connectivity index (χ0) is 14.5. The lowest BCUT2D eigenvalue weighted by Crippen LogP contribution is -2.23. The molecule has 0 fully saturated rings. The Balaban J connectivity index is 2.02. The van der Waals surface area contributed by atoms with Crippen molar-refractivity contribution >= 4 is 21.8 Å². The maximum Gasteiger partial charge on any atom is 0.251 e. The van der Waals surface area contributed by atoms with Crippen molar-refractivity contribution < 1.29 is 4.79 Å². The molecule has 0 saturated heterocycles. The molecule has 0 aliphatic carbocycles. The predicted octanol–water partition coefficient (Wildman–Crippen LogP) is 4.13. The highest BCUT2D eigenvalue weighted by Crippen LogP contribution is 2.11. The summed E-state index contributed by atoms with van der Waals surface area (Å²) in [7, 11) is 0. The van der Waals surface area contributed by atoms with E-state index in [1.54, 1.807) is 0 Å². The van der Waals surface area contributed by atoms with E-state index in [9.17, 15) is 4.79 Å². The summed E-state index contributed by atoms with van der Waals surface area (Å²) in [6.07, 6.45) is 0. The molecule has 2 aromatic rings. The van der Waals surface area contributed by atoms with Gasteiger partial charge in [-0.3, -0.25) is 4.79 Å². The molecule has 0 radical (unpaired) electrons. The standard InChI is InChI=1S/C17H18BrNO/c1-12-3-4-13(2)16(9-12)17(20)19-11-15-7-5-14(10-18)6-8-15/h3-9H,10-11H2,1-2H3,(H,19,20). The Kier molecular flexibility index (Phi) is 4.96. The van der Waals surface area contributed by atoms with Crippen molar-refractivity contribution in [2.75, 3.05) is 0 Å². The van der Waals surface area contributed by atoms with Crippen LogP contribution in [-0.4, -0.2) is 5.91 Å². The molecule has 1 amide bonds. The molecular formula is C17H18BrNO. The first-order valence-electron chi connectivity index (χ1n) is 6.59. The quantitative estimate of drug-likeness (QED) is 0.838. The van der Waals surface area contributed by atoms with Crippen molar-refractivity contribution in [3.05, 3.63) is 70.3 Å². The van der Waals surface area contributed by atoms with Gasteiger partial charge < -0.3 is 5.32 Å². The van der Waals surface area contributed by atoms with Crippen LogP contribution in [-0.2, 0) is 11.9 Å². The molecule has 0 aliphatic heterocycles. The average molecular weight is 332 g/mol. The molecule has 3 heteroatoms. The molecule has 2 rings (SSSR count). The Labute approximate surface area is 128 Å². The first kappa shape index (κ1) is 14.8. The molecule has 2 aromatic carbocycles. The third kappa shape index (κ3) is 3.70. The highest BCUT2D eigenvalue weighted by atomic mass is 79.9. The smallest absolute Gasteiger partial charge is 0.251 e. The predicted molar refractivity (Wildman–Crippen MR) is 86.2 cm³/mol. The highest BCUT2D eigenvalue weighted by molar-refractivity contribution is 9.08. The third-order valence-corrected chi connectivity index (χ3v) is 3.92. The van der Waals surface area contributed by atoms with Crippen molar-refractivity contribution in [3.8, 4) is 0 Å². The van der Waals surface area contributed by atoms with Gasteiger partial charge in [-0.05, 0) is 36.6 Å². The SMILES string of the molecule is Cc1ccc(C)c(C(=O)NCc2ccc(CBr)cc2)c1. The summed E-state index contributed by atoms with van der Waals surface area (Å²) in [4.78, 5) is 12.2. The summed E-state index contributed by atoms with van der Waals surface area (Å²) in [6, 6.07) is 14.1. The van der Waals surface area contributed by atoms with Crippen molar-refractivity contribution in [1.29, 1.82) is 0 Å². The molecule has 0 saturated carbocycles. The van der Waals surface area contributed by atoms with E-state index >= 15 is 0 Å². The van der Waals surface area contributed by atoms with Gasteiger partial charge in [0.1, 0.15) is 0 Å². The van der Waals surface area contributed by atoms with E-state index < -0.39 is 0 Å². The number of aryl methyl sites for hydroxylation is 2. The molecule has 0 unspecified atom stereocenters. The van der Waals surface area contributed by atoms with E-state index in [4.69, 9.17) is 0 Å². The fraction of sp³-hybridized carbons (Fsp3) is 0.235. The van der Waals surface area contributed by atoms with Crippen LogP contribution in [0.5, 0.6) is 0 Å². The highest BCUT2D eigenvalue weighted by Gasteiger charge is 2.08. The van der Waals surface area contributed by atoms with Crippen LogP contribution in [0.4, 0.5) is 0 Å². The lowest BCUT2D eigenvalue weighted by atomic mass is 10.0. The minimum Gasteiger partial charge on any atom is -0.348 e. The van der Waals surface area contributed by atoms with Crippen molar-refractivity contribution in [3.63, 3.8) is 0 Å². The van der Waals surface area contributed by atoms with Gasteiger partial charge >= 0.3 is 0 Å². The van der Waals surface area contributed by atoms with Crippen LogP contribution in [0, 0.1) is 13.8 Å². The molecular weight excluding hydrogens is 314 g/mol. The molecule has 20 heavy (non-hydrogen) atoms. The Bertz CT molecular complexity index is 605. The third-order valence-electron chi connectivity index (χ3n) is 3.27. The summed E-state index contributed by atoms with van der Waals surface area (Å²) in [6.45, 7) is 4.50. The molecule has 0 aromatic heterocycles. The Morgan fingerprint density at radius 2 is 1.70 bits per heavy atom. The number of rotatable bonds is 4. The average Bonchev–Trinajstić information content (AvgIpc) is 2.47. The summed E-state index contributed by atoms with van der Waals surface area (Å²) >= 11 is 3.42. The minimum absolute atomic E-state index is 0.0178. The molecule has 0 atom stereocenters. The number of carbonyl (C=O) groups is 1. The molecule has 0 spiro atoms. The number of alkyl halides is 1. The van der Waals surface area contributed by atoms with Gasteiger partial charge in [0, 0.05) is 17.4 Å². The van der Waals surface area contributed by atoms with Gasteiger partial charge in [0.05, 0.1) is 0 Å². The number of carbonyl (C=O) groups excluding carboxylic acids is 1. The molecule has 1 N–H and O–H groups in total. The maximum absolute atomic E-state index is 12.2. The van der Waals surface area contributed by atoms with Crippen LogP contribution >= 0.6 is 15.9 Å². The number of amides is 1. The minimum atomic E-state index is -0.0178. The molecule has 0 heterocycles. The van der Waals surface area contributed by atoms with E-state index in [0.717, 1.165) is 27.6 Å². The Hall–Kier alpha value is -1.61. The van der Waals surface area contributed by atoms with Gasteiger partial charge in [-0.15, -0.1) is 0 Å². The molecule has 104 valence electrons. The zero-order valence-electron chi connectivity index (χ0n) is 11.7.